The Morgan fingerprint density at radius 3 is 2.64 bits per heavy atom. The second kappa shape index (κ2) is 9.02. The van der Waals surface area contributed by atoms with Crippen LogP contribution in [0, 0.1) is 16.0 Å². The van der Waals surface area contributed by atoms with E-state index in [9.17, 15) is 10.1 Å². The average molecular weight is 306 g/mol. The van der Waals surface area contributed by atoms with Gasteiger partial charge < -0.3 is 11.1 Å². The molecule has 6 nitrogen and oxygen atoms in total. The number of hydrogen-bond donors (Lipinski definition) is 2. The van der Waals surface area contributed by atoms with Crippen molar-refractivity contribution in [3.05, 3.63) is 39.9 Å². The lowest BCUT2D eigenvalue weighted by Crippen LogP contribution is -2.38. The van der Waals surface area contributed by atoms with Crippen molar-refractivity contribution in [1.82, 2.24) is 5.32 Å². The summed E-state index contributed by atoms with van der Waals surface area (Å²) >= 11 is 0. The van der Waals surface area contributed by atoms with Crippen LogP contribution in [-0.4, -0.2) is 16.9 Å². The van der Waals surface area contributed by atoms with Gasteiger partial charge in [-0.3, -0.25) is 10.1 Å². The zero-order valence-corrected chi connectivity index (χ0v) is 13.6. The van der Waals surface area contributed by atoms with Gasteiger partial charge in [-0.1, -0.05) is 44.9 Å². The van der Waals surface area contributed by atoms with Crippen molar-refractivity contribution in [3.8, 4) is 0 Å². The maximum atomic E-state index is 10.9. The minimum Gasteiger partial charge on any atom is -0.370 e. The number of rotatable bonds is 8. The molecule has 0 saturated carbocycles. The van der Waals surface area contributed by atoms with Crippen molar-refractivity contribution < 1.29 is 4.92 Å². The fourth-order valence-corrected chi connectivity index (χ4v) is 2.20. The molecule has 0 fully saturated rings. The molecule has 1 rings (SSSR count). The monoisotopic (exact) mass is 306 g/mol. The minimum atomic E-state index is -0.400. The van der Waals surface area contributed by atoms with E-state index in [-0.39, 0.29) is 18.3 Å². The van der Waals surface area contributed by atoms with Gasteiger partial charge in [0.2, 0.25) is 0 Å². The molecule has 1 aromatic rings. The number of guanidine groups is 1. The van der Waals surface area contributed by atoms with Gasteiger partial charge in [0.1, 0.15) is 0 Å². The lowest BCUT2D eigenvalue weighted by atomic mass is 10.0. The summed E-state index contributed by atoms with van der Waals surface area (Å²) in [5, 5.41) is 14.1. The molecule has 0 radical (unpaired) electrons. The molecule has 0 spiro atoms. The predicted molar refractivity (Wildman–Crippen MR) is 89.7 cm³/mol. The topological polar surface area (TPSA) is 93.5 Å². The van der Waals surface area contributed by atoms with Crippen LogP contribution in [0.1, 0.15) is 45.6 Å². The molecule has 1 unspecified atom stereocenters. The molecule has 0 aromatic heterocycles. The van der Waals surface area contributed by atoms with Crippen molar-refractivity contribution in [3.63, 3.8) is 0 Å². The molecule has 122 valence electrons. The number of nitrogens with two attached hydrogens (primary N) is 1. The summed E-state index contributed by atoms with van der Waals surface area (Å²) in [6.45, 7) is 6.68. The smallest absolute Gasteiger partial charge is 0.274 e. The maximum absolute atomic E-state index is 10.9. The number of nitrogens with one attached hydrogen (secondary N) is 1. The standard InChI is InChI=1S/C16H26N4O2/c1-12(2)7-6-8-13(3)19-16(17)18-11-14-9-4-5-10-15(14)20(21)22/h4-5,9-10,12-13H,6-8,11H2,1-3H3,(H3,17,18,19). The van der Waals surface area contributed by atoms with Gasteiger partial charge in [-0.05, 0) is 19.3 Å². The lowest BCUT2D eigenvalue weighted by Gasteiger charge is -2.15. The van der Waals surface area contributed by atoms with Crippen molar-refractivity contribution in [2.24, 2.45) is 16.6 Å². The van der Waals surface area contributed by atoms with Gasteiger partial charge in [0.05, 0.1) is 17.0 Å². The van der Waals surface area contributed by atoms with E-state index >= 15 is 0 Å². The van der Waals surface area contributed by atoms with Gasteiger partial charge in [-0.25, -0.2) is 4.99 Å². The van der Waals surface area contributed by atoms with Crippen LogP contribution in [0.2, 0.25) is 0 Å². The largest absolute Gasteiger partial charge is 0.370 e. The van der Waals surface area contributed by atoms with Crippen LogP contribution >= 0.6 is 0 Å². The van der Waals surface area contributed by atoms with Crippen LogP contribution < -0.4 is 11.1 Å². The number of aliphatic imine (C=N–C) groups is 1. The van der Waals surface area contributed by atoms with E-state index in [2.05, 4.69) is 31.1 Å². The van der Waals surface area contributed by atoms with E-state index in [1.807, 2.05) is 0 Å². The summed E-state index contributed by atoms with van der Waals surface area (Å²) in [5.74, 6) is 1.03. The Morgan fingerprint density at radius 1 is 1.32 bits per heavy atom. The molecule has 0 saturated heterocycles. The summed E-state index contributed by atoms with van der Waals surface area (Å²) in [5.41, 5.74) is 6.48. The van der Waals surface area contributed by atoms with Gasteiger partial charge in [0.25, 0.3) is 5.69 Å². The Labute approximate surface area is 132 Å². The Balaban J connectivity index is 2.51. The van der Waals surface area contributed by atoms with E-state index < -0.39 is 4.92 Å². The third-order valence-corrected chi connectivity index (χ3v) is 3.42. The van der Waals surface area contributed by atoms with Gasteiger partial charge in [-0.15, -0.1) is 0 Å². The Bertz CT molecular complexity index is 515. The summed E-state index contributed by atoms with van der Waals surface area (Å²) in [6.07, 6.45) is 3.36. The van der Waals surface area contributed by atoms with E-state index in [4.69, 9.17) is 5.73 Å². The molecule has 0 heterocycles. The first-order chi connectivity index (χ1) is 10.4. The molecular weight excluding hydrogens is 280 g/mol. The molecule has 0 aliphatic carbocycles. The predicted octanol–water partition coefficient (Wildman–Crippen LogP) is 3.21. The second-order valence-electron chi connectivity index (χ2n) is 5.96. The number of nitro benzene ring substituents is 1. The summed E-state index contributed by atoms with van der Waals surface area (Å²) in [6, 6.07) is 6.82. The molecule has 22 heavy (non-hydrogen) atoms. The Hall–Kier alpha value is -2.11. The molecular formula is C16H26N4O2. The number of para-hydroxylation sites is 1. The van der Waals surface area contributed by atoms with E-state index in [1.165, 1.54) is 12.5 Å². The molecule has 1 atom stereocenters. The van der Waals surface area contributed by atoms with Gasteiger partial charge in [0, 0.05) is 12.1 Å². The Morgan fingerprint density at radius 2 is 2.00 bits per heavy atom. The highest BCUT2D eigenvalue weighted by atomic mass is 16.6. The van der Waals surface area contributed by atoms with Crippen molar-refractivity contribution in [2.75, 3.05) is 0 Å². The highest BCUT2D eigenvalue weighted by molar-refractivity contribution is 5.78. The number of hydrogen-bond acceptors (Lipinski definition) is 3. The maximum Gasteiger partial charge on any atom is 0.274 e. The van der Waals surface area contributed by atoms with Crippen LogP contribution in [0.5, 0.6) is 0 Å². The Kier molecular flexibility index (Phi) is 7.36. The fourth-order valence-electron chi connectivity index (χ4n) is 2.20. The molecule has 0 bridgehead atoms. The number of benzene rings is 1. The third kappa shape index (κ3) is 6.56. The van der Waals surface area contributed by atoms with Crippen LogP contribution in [-0.2, 0) is 6.54 Å². The average Bonchev–Trinajstić information content (AvgIpc) is 2.44. The first-order valence-corrected chi connectivity index (χ1v) is 7.69. The molecule has 0 aliphatic rings. The van der Waals surface area contributed by atoms with E-state index in [0.717, 1.165) is 12.8 Å². The summed E-state index contributed by atoms with van der Waals surface area (Å²) in [4.78, 5) is 14.7. The molecule has 0 aliphatic heterocycles. The zero-order chi connectivity index (χ0) is 16.5. The second-order valence-corrected chi connectivity index (χ2v) is 5.96. The van der Waals surface area contributed by atoms with Crippen LogP contribution in [0.15, 0.2) is 29.3 Å². The number of nitrogens with zero attached hydrogens (tertiary/aromatic N) is 2. The van der Waals surface area contributed by atoms with E-state index in [0.29, 0.717) is 17.4 Å². The van der Waals surface area contributed by atoms with E-state index in [1.54, 1.807) is 18.2 Å². The highest BCUT2D eigenvalue weighted by Gasteiger charge is 2.11. The normalized spacial score (nSPS) is 13.2. The fraction of sp³-hybridized carbons (Fsp3) is 0.562. The van der Waals surface area contributed by atoms with Crippen molar-refractivity contribution in [2.45, 2.75) is 52.6 Å². The van der Waals surface area contributed by atoms with Crippen molar-refractivity contribution in [1.29, 1.82) is 0 Å². The lowest BCUT2D eigenvalue weighted by molar-refractivity contribution is -0.385. The molecule has 0 amide bonds. The van der Waals surface area contributed by atoms with Crippen LogP contribution in [0.25, 0.3) is 0 Å². The zero-order valence-electron chi connectivity index (χ0n) is 13.6. The minimum absolute atomic E-state index is 0.0732. The summed E-state index contributed by atoms with van der Waals surface area (Å²) in [7, 11) is 0. The molecule has 1 aromatic carbocycles. The quantitative estimate of drug-likeness (QED) is 0.334. The summed E-state index contributed by atoms with van der Waals surface area (Å²) < 4.78 is 0. The molecule has 6 heteroatoms. The van der Waals surface area contributed by atoms with Gasteiger partial charge in [0.15, 0.2) is 5.96 Å². The SMILES string of the molecule is CC(C)CCCC(C)NC(N)=NCc1ccccc1[N+](=O)[O-]. The highest BCUT2D eigenvalue weighted by Crippen LogP contribution is 2.18. The van der Waals surface area contributed by atoms with Crippen LogP contribution in [0.3, 0.4) is 0 Å². The van der Waals surface area contributed by atoms with Gasteiger partial charge in [-0.2, -0.15) is 0 Å². The first kappa shape index (κ1) is 17.9. The third-order valence-electron chi connectivity index (χ3n) is 3.42. The number of nitro groups is 1. The van der Waals surface area contributed by atoms with Gasteiger partial charge >= 0.3 is 0 Å². The van der Waals surface area contributed by atoms with Crippen LogP contribution in [0.4, 0.5) is 5.69 Å². The van der Waals surface area contributed by atoms with Crippen molar-refractivity contribution >= 4 is 11.6 Å². The molecule has 3 N–H and O–H groups in total. The first-order valence-electron chi connectivity index (χ1n) is 7.69.